The van der Waals surface area contributed by atoms with Crippen molar-refractivity contribution in [3.8, 4) is 0 Å². The summed E-state index contributed by atoms with van der Waals surface area (Å²) < 4.78 is 0. The number of hydrogen-bond donors (Lipinski definition) is 0. The summed E-state index contributed by atoms with van der Waals surface area (Å²) in [7, 11) is 0. The third-order valence-corrected chi connectivity index (χ3v) is 3.17. The quantitative estimate of drug-likeness (QED) is 0.603. The van der Waals surface area contributed by atoms with Crippen LogP contribution >= 0.6 is 0 Å². The van der Waals surface area contributed by atoms with Gasteiger partial charge >= 0.3 is 0 Å². The van der Waals surface area contributed by atoms with Crippen LogP contribution in [-0.2, 0) is 0 Å². The zero-order valence-corrected chi connectivity index (χ0v) is 9.93. The first-order chi connectivity index (χ1) is 5.91. The summed E-state index contributed by atoms with van der Waals surface area (Å²) in [4.78, 5) is 2.63. The lowest BCUT2D eigenvalue weighted by Gasteiger charge is -2.32. The molecule has 1 unspecified atom stereocenters. The van der Waals surface area contributed by atoms with E-state index in [1.54, 1.807) is 0 Å². The molecule has 1 fully saturated rings. The van der Waals surface area contributed by atoms with E-state index in [9.17, 15) is 0 Å². The van der Waals surface area contributed by atoms with Gasteiger partial charge in [0, 0.05) is 12.6 Å². The van der Waals surface area contributed by atoms with Crippen LogP contribution in [0.15, 0.2) is 0 Å². The molecule has 1 rings (SSSR count). The summed E-state index contributed by atoms with van der Waals surface area (Å²) in [5, 5.41) is 0. The van der Waals surface area contributed by atoms with Crippen LogP contribution in [0.25, 0.3) is 0 Å². The van der Waals surface area contributed by atoms with E-state index < -0.39 is 0 Å². The zero-order chi connectivity index (χ0) is 10.1. The molecule has 0 aliphatic carbocycles. The third-order valence-electron chi connectivity index (χ3n) is 3.17. The van der Waals surface area contributed by atoms with Crippen molar-refractivity contribution in [2.75, 3.05) is 13.1 Å². The molecule has 1 aliphatic heterocycles. The minimum Gasteiger partial charge on any atom is -0.300 e. The van der Waals surface area contributed by atoms with Crippen LogP contribution in [0.4, 0.5) is 0 Å². The molecule has 0 aromatic rings. The zero-order valence-electron chi connectivity index (χ0n) is 9.93. The normalized spacial score (nSPS) is 30.5. The molecule has 0 amide bonds. The molecule has 1 atom stereocenters. The first-order valence-corrected chi connectivity index (χ1v) is 5.65. The summed E-state index contributed by atoms with van der Waals surface area (Å²) in [5.41, 5.74) is 0.514. The molecule has 0 aromatic heterocycles. The van der Waals surface area contributed by atoms with E-state index in [-0.39, 0.29) is 0 Å². The number of likely N-dealkylation sites (tertiary alicyclic amines) is 1. The van der Waals surface area contributed by atoms with Gasteiger partial charge in [-0.25, -0.2) is 0 Å². The lowest BCUT2D eigenvalue weighted by atomic mass is 9.83. The van der Waals surface area contributed by atoms with Gasteiger partial charge in [-0.05, 0) is 44.6 Å². The van der Waals surface area contributed by atoms with Gasteiger partial charge in [-0.3, -0.25) is 0 Å². The highest BCUT2D eigenvalue weighted by Crippen LogP contribution is 2.32. The molecule has 0 bridgehead atoms. The molecule has 1 nitrogen and oxygen atoms in total. The van der Waals surface area contributed by atoms with Gasteiger partial charge in [0.05, 0.1) is 0 Å². The Morgan fingerprint density at radius 2 is 1.92 bits per heavy atom. The van der Waals surface area contributed by atoms with Crippen LogP contribution < -0.4 is 0 Å². The fourth-order valence-corrected chi connectivity index (χ4v) is 2.57. The van der Waals surface area contributed by atoms with Gasteiger partial charge in [-0.1, -0.05) is 20.8 Å². The molecule has 1 saturated heterocycles. The standard InChI is InChI=1S/C12H25N/c1-10(2)13-7-6-11(3)8-12(4,5)9-13/h10-11H,6-9H2,1-5H3. The van der Waals surface area contributed by atoms with Crippen molar-refractivity contribution < 1.29 is 0 Å². The average molecular weight is 183 g/mol. The second-order valence-corrected chi connectivity index (χ2v) is 5.83. The van der Waals surface area contributed by atoms with Gasteiger partial charge in [0.15, 0.2) is 0 Å². The summed E-state index contributed by atoms with van der Waals surface area (Å²) in [6.07, 6.45) is 2.76. The van der Waals surface area contributed by atoms with E-state index in [4.69, 9.17) is 0 Å². The molecule has 78 valence electrons. The molecule has 13 heavy (non-hydrogen) atoms. The molecule has 1 heteroatoms. The number of rotatable bonds is 1. The van der Waals surface area contributed by atoms with Crippen molar-refractivity contribution in [2.45, 2.75) is 53.5 Å². The summed E-state index contributed by atoms with van der Waals surface area (Å²) in [6.45, 7) is 14.4. The predicted octanol–water partition coefficient (Wildman–Crippen LogP) is 3.15. The maximum absolute atomic E-state index is 2.63. The molecular formula is C12H25N. The highest BCUT2D eigenvalue weighted by atomic mass is 15.2. The number of nitrogens with zero attached hydrogens (tertiary/aromatic N) is 1. The predicted molar refractivity (Wildman–Crippen MR) is 58.9 cm³/mol. The van der Waals surface area contributed by atoms with E-state index in [0.29, 0.717) is 11.5 Å². The summed E-state index contributed by atoms with van der Waals surface area (Å²) in [5.74, 6) is 0.902. The Morgan fingerprint density at radius 1 is 1.31 bits per heavy atom. The smallest absolute Gasteiger partial charge is 0.00388 e. The van der Waals surface area contributed by atoms with E-state index in [2.05, 4.69) is 39.5 Å². The van der Waals surface area contributed by atoms with Crippen molar-refractivity contribution >= 4 is 0 Å². The highest BCUT2D eigenvalue weighted by Gasteiger charge is 2.28. The molecule has 0 spiro atoms. The van der Waals surface area contributed by atoms with E-state index in [1.807, 2.05) is 0 Å². The van der Waals surface area contributed by atoms with Gasteiger partial charge in [-0.2, -0.15) is 0 Å². The van der Waals surface area contributed by atoms with Gasteiger partial charge in [0.25, 0.3) is 0 Å². The molecule has 0 radical (unpaired) electrons. The average Bonchev–Trinajstić information content (AvgIpc) is 2.07. The Bertz CT molecular complexity index is 161. The van der Waals surface area contributed by atoms with Crippen molar-refractivity contribution in [1.82, 2.24) is 4.90 Å². The van der Waals surface area contributed by atoms with Gasteiger partial charge in [0.2, 0.25) is 0 Å². The second-order valence-electron chi connectivity index (χ2n) is 5.83. The second kappa shape index (κ2) is 4.00. The fourth-order valence-electron chi connectivity index (χ4n) is 2.57. The monoisotopic (exact) mass is 183 g/mol. The van der Waals surface area contributed by atoms with Gasteiger partial charge < -0.3 is 4.90 Å². The lowest BCUT2D eigenvalue weighted by molar-refractivity contribution is 0.160. The maximum Gasteiger partial charge on any atom is 0.00388 e. The van der Waals surface area contributed by atoms with Crippen LogP contribution in [-0.4, -0.2) is 24.0 Å². The third kappa shape index (κ3) is 3.30. The highest BCUT2D eigenvalue weighted by molar-refractivity contribution is 4.81. The first-order valence-electron chi connectivity index (χ1n) is 5.65. The Balaban J connectivity index is 2.62. The largest absolute Gasteiger partial charge is 0.300 e. The topological polar surface area (TPSA) is 3.24 Å². The number of hydrogen-bond acceptors (Lipinski definition) is 1. The summed E-state index contributed by atoms with van der Waals surface area (Å²) in [6, 6.07) is 0.713. The van der Waals surface area contributed by atoms with E-state index in [1.165, 1.54) is 25.9 Å². The fraction of sp³-hybridized carbons (Fsp3) is 1.00. The minimum absolute atomic E-state index is 0.514. The first kappa shape index (κ1) is 11.0. The molecule has 0 aromatic carbocycles. The van der Waals surface area contributed by atoms with E-state index in [0.717, 1.165) is 5.92 Å². The Kier molecular flexibility index (Phi) is 3.39. The SMILES string of the molecule is CC1CCN(C(C)C)CC(C)(C)C1. The Labute approximate surface area is 83.5 Å². The minimum atomic E-state index is 0.514. The van der Waals surface area contributed by atoms with Crippen molar-refractivity contribution in [3.05, 3.63) is 0 Å². The van der Waals surface area contributed by atoms with Crippen LogP contribution in [0.1, 0.15) is 47.5 Å². The van der Waals surface area contributed by atoms with Crippen LogP contribution in [0, 0.1) is 11.3 Å². The van der Waals surface area contributed by atoms with Crippen LogP contribution in [0.5, 0.6) is 0 Å². The molecule has 1 heterocycles. The van der Waals surface area contributed by atoms with Crippen LogP contribution in [0.2, 0.25) is 0 Å². The van der Waals surface area contributed by atoms with E-state index >= 15 is 0 Å². The molecule has 0 saturated carbocycles. The summed E-state index contributed by atoms with van der Waals surface area (Å²) >= 11 is 0. The van der Waals surface area contributed by atoms with Gasteiger partial charge in [-0.15, -0.1) is 0 Å². The molecule has 0 N–H and O–H groups in total. The Hall–Kier alpha value is -0.0400. The Morgan fingerprint density at radius 3 is 2.46 bits per heavy atom. The maximum atomic E-state index is 2.63. The van der Waals surface area contributed by atoms with Crippen molar-refractivity contribution in [1.29, 1.82) is 0 Å². The van der Waals surface area contributed by atoms with Crippen LogP contribution in [0.3, 0.4) is 0 Å². The molecular weight excluding hydrogens is 158 g/mol. The molecule has 1 aliphatic rings. The van der Waals surface area contributed by atoms with Crippen molar-refractivity contribution in [3.63, 3.8) is 0 Å². The van der Waals surface area contributed by atoms with Crippen molar-refractivity contribution in [2.24, 2.45) is 11.3 Å². The van der Waals surface area contributed by atoms with Gasteiger partial charge in [0.1, 0.15) is 0 Å². The lowest BCUT2D eigenvalue weighted by Crippen LogP contribution is -2.37.